The minimum atomic E-state index is -5.14. The number of ether oxygens (including phenoxy) is 2. The van der Waals surface area contributed by atoms with Crippen LogP contribution in [0.4, 0.5) is 0 Å². The van der Waals surface area contributed by atoms with Crippen molar-refractivity contribution in [2.45, 2.75) is 191 Å². The van der Waals surface area contributed by atoms with E-state index in [1.807, 2.05) is 12.2 Å². The Bertz CT molecular complexity index is 1280. The molecule has 0 aromatic rings. The highest BCUT2D eigenvalue weighted by molar-refractivity contribution is 7.47. The summed E-state index contributed by atoms with van der Waals surface area (Å²) in [6, 6.07) is 0. The molecule has 1 rings (SSSR count). The van der Waals surface area contributed by atoms with Crippen LogP contribution in [0.2, 0.25) is 0 Å². The van der Waals surface area contributed by atoms with Crippen molar-refractivity contribution in [2.75, 3.05) is 19.8 Å². The SMILES string of the molecule is CCCCCC/C=C\CCCCCCCC(=O)O[C@H](COC(=O)CCC/C=C\C/C=C\C/C=C\C/C=C\CCCCCO)COP(=O)(O)OC1[C@H](O)[C@H](O)C(O)[C@H](O)[C@H]1O. The van der Waals surface area contributed by atoms with Crippen LogP contribution in [0.5, 0.6) is 0 Å². The molecule has 0 aromatic heterocycles. The van der Waals surface area contributed by atoms with E-state index >= 15 is 0 Å². The number of hydrogen-bond donors (Lipinski definition) is 7. The molecule has 8 atom stereocenters. The van der Waals surface area contributed by atoms with Gasteiger partial charge in [-0.05, 0) is 83.5 Å². The van der Waals surface area contributed by atoms with Gasteiger partial charge in [0.1, 0.15) is 43.2 Å². The number of rotatable bonds is 36. The Kier molecular flexibility index (Phi) is 33.4. The van der Waals surface area contributed by atoms with E-state index in [9.17, 15) is 44.6 Å². The average molecular weight is 873 g/mol. The first-order valence-corrected chi connectivity index (χ1v) is 23.7. The quantitative estimate of drug-likeness (QED) is 0.0144. The van der Waals surface area contributed by atoms with E-state index in [0.717, 1.165) is 83.5 Å². The number of phosphoric acid groups is 1. The lowest BCUT2D eigenvalue weighted by Gasteiger charge is -2.41. The Balaban J connectivity index is 2.52. The second-order valence-corrected chi connectivity index (χ2v) is 16.7. The molecule has 14 nitrogen and oxygen atoms in total. The fourth-order valence-electron chi connectivity index (χ4n) is 6.25. The predicted molar refractivity (Wildman–Crippen MR) is 232 cm³/mol. The zero-order chi connectivity index (χ0) is 44.3. The van der Waals surface area contributed by atoms with Crippen molar-refractivity contribution in [1.29, 1.82) is 0 Å². The van der Waals surface area contributed by atoms with Gasteiger partial charge < -0.3 is 45.0 Å². The molecule has 15 heteroatoms. The van der Waals surface area contributed by atoms with Crippen LogP contribution >= 0.6 is 7.82 Å². The second kappa shape index (κ2) is 36.0. The molecule has 7 N–H and O–H groups in total. The molecule has 0 saturated heterocycles. The van der Waals surface area contributed by atoms with Gasteiger partial charge in [0, 0.05) is 19.4 Å². The first-order chi connectivity index (χ1) is 28.9. The van der Waals surface area contributed by atoms with Crippen molar-refractivity contribution in [3.8, 4) is 0 Å². The molecule has 60 heavy (non-hydrogen) atoms. The monoisotopic (exact) mass is 873 g/mol. The fraction of sp³-hybridized carbons (Fsp3) is 0.733. The van der Waals surface area contributed by atoms with Crippen molar-refractivity contribution in [1.82, 2.24) is 0 Å². The van der Waals surface area contributed by atoms with Crippen LogP contribution in [0, 0.1) is 0 Å². The third kappa shape index (κ3) is 28.2. The Labute approximate surface area is 358 Å². The number of allylic oxidation sites excluding steroid dienone is 10. The number of carbonyl (C=O) groups is 2. The van der Waals surface area contributed by atoms with Gasteiger partial charge in [-0.25, -0.2) is 4.57 Å². The van der Waals surface area contributed by atoms with Gasteiger partial charge in [-0.1, -0.05) is 113 Å². The lowest BCUT2D eigenvalue weighted by Crippen LogP contribution is -2.64. The molecule has 3 unspecified atom stereocenters. The molecular weight excluding hydrogens is 795 g/mol. The highest BCUT2D eigenvalue weighted by Crippen LogP contribution is 2.47. The molecule has 0 heterocycles. The van der Waals surface area contributed by atoms with Gasteiger partial charge >= 0.3 is 19.8 Å². The van der Waals surface area contributed by atoms with Gasteiger partial charge in [-0.15, -0.1) is 0 Å². The summed E-state index contributed by atoms with van der Waals surface area (Å²) in [5.74, 6) is -1.19. The van der Waals surface area contributed by atoms with E-state index in [1.165, 1.54) is 25.7 Å². The van der Waals surface area contributed by atoms with Crippen molar-refractivity contribution in [3.05, 3.63) is 60.8 Å². The maximum atomic E-state index is 12.8. The van der Waals surface area contributed by atoms with Crippen LogP contribution < -0.4 is 0 Å². The van der Waals surface area contributed by atoms with Crippen LogP contribution in [0.15, 0.2) is 60.8 Å². The molecule has 0 radical (unpaired) electrons. The van der Waals surface area contributed by atoms with Gasteiger partial charge in [0.25, 0.3) is 0 Å². The maximum absolute atomic E-state index is 12.8. The fourth-order valence-corrected chi connectivity index (χ4v) is 7.22. The van der Waals surface area contributed by atoms with Crippen molar-refractivity contribution in [2.24, 2.45) is 0 Å². The van der Waals surface area contributed by atoms with E-state index in [2.05, 4.69) is 55.5 Å². The maximum Gasteiger partial charge on any atom is 0.472 e. The predicted octanol–water partition coefficient (Wildman–Crippen LogP) is 7.14. The highest BCUT2D eigenvalue weighted by atomic mass is 31.2. The molecule has 346 valence electrons. The normalized spacial score (nSPS) is 22.7. The lowest BCUT2D eigenvalue weighted by atomic mass is 9.85. The number of aliphatic hydroxyl groups is 6. The molecule has 0 aliphatic heterocycles. The average Bonchev–Trinajstić information content (AvgIpc) is 3.23. The smallest absolute Gasteiger partial charge is 0.462 e. The molecule has 0 aromatic carbocycles. The minimum Gasteiger partial charge on any atom is -0.462 e. The topological polar surface area (TPSA) is 230 Å². The van der Waals surface area contributed by atoms with Crippen LogP contribution in [0.3, 0.4) is 0 Å². The first kappa shape index (κ1) is 55.5. The Morgan fingerprint density at radius 1 is 0.550 bits per heavy atom. The summed E-state index contributed by atoms with van der Waals surface area (Å²) >= 11 is 0. The molecular formula is C45H77O14P. The van der Waals surface area contributed by atoms with Gasteiger partial charge in [-0.2, -0.15) is 0 Å². The van der Waals surface area contributed by atoms with Crippen molar-refractivity contribution >= 4 is 19.8 Å². The van der Waals surface area contributed by atoms with Crippen molar-refractivity contribution in [3.63, 3.8) is 0 Å². The molecule has 0 bridgehead atoms. The summed E-state index contributed by atoms with van der Waals surface area (Å²) < 4.78 is 33.4. The molecule has 0 amide bonds. The summed E-state index contributed by atoms with van der Waals surface area (Å²) in [4.78, 5) is 35.6. The number of aliphatic hydroxyl groups excluding tert-OH is 6. The Hall–Kier alpha value is -2.49. The Morgan fingerprint density at radius 2 is 0.983 bits per heavy atom. The van der Waals surface area contributed by atoms with Gasteiger partial charge in [-0.3, -0.25) is 18.6 Å². The first-order valence-electron chi connectivity index (χ1n) is 22.2. The summed E-state index contributed by atoms with van der Waals surface area (Å²) in [5.41, 5.74) is 0. The zero-order valence-corrected chi connectivity index (χ0v) is 36.8. The number of phosphoric ester groups is 1. The largest absolute Gasteiger partial charge is 0.472 e. The highest BCUT2D eigenvalue weighted by Gasteiger charge is 2.51. The van der Waals surface area contributed by atoms with E-state index in [-0.39, 0.29) is 19.4 Å². The van der Waals surface area contributed by atoms with Crippen LogP contribution in [0.25, 0.3) is 0 Å². The zero-order valence-electron chi connectivity index (χ0n) is 35.9. The number of unbranched alkanes of at least 4 members (excludes halogenated alkanes) is 13. The summed E-state index contributed by atoms with van der Waals surface area (Å²) in [7, 11) is -5.14. The van der Waals surface area contributed by atoms with Gasteiger partial charge in [0.15, 0.2) is 6.10 Å². The van der Waals surface area contributed by atoms with E-state index in [4.69, 9.17) is 23.6 Å². The third-order valence-corrected chi connectivity index (χ3v) is 10.9. The summed E-state index contributed by atoms with van der Waals surface area (Å²) in [5, 5.41) is 58.9. The number of carbonyl (C=O) groups excluding carboxylic acids is 2. The van der Waals surface area contributed by atoms with E-state index < -0.39 is 75.7 Å². The molecule has 1 aliphatic carbocycles. The molecule has 1 aliphatic rings. The molecule has 1 fully saturated rings. The summed E-state index contributed by atoms with van der Waals surface area (Å²) in [6.45, 7) is 1.22. The van der Waals surface area contributed by atoms with Crippen LogP contribution in [-0.2, 0) is 32.7 Å². The second-order valence-electron chi connectivity index (χ2n) is 15.3. The van der Waals surface area contributed by atoms with E-state index in [0.29, 0.717) is 19.3 Å². The van der Waals surface area contributed by atoms with E-state index in [1.54, 1.807) is 0 Å². The standard InChI is InChI=1S/C45H77O14P/c1-2-3-4-5-6-7-8-14-18-21-24-27-30-33-39(48)58-37(36-57-60(54,55)59-45-43(52)41(50)40(49)42(51)44(45)53)35-56-38(47)32-29-26-23-20-17-15-12-10-9-11-13-16-19-22-25-28-31-34-46/h7-9,11-12,15-16,19-20,23,37,40-46,49-53H,2-6,10,13-14,17-18,21-22,24-36H2,1H3,(H,54,55)/b8-7-,11-9-,15-12-,19-16-,23-20-/t37-,40?,41-,42+,43-,44-,45?/m1/s1. The Morgan fingerprint density at radius 3 is 1.53 bits per heavy atom. The van der Waals surface area contributed by atoms with Gasteiger partial charge in [0.05, 0.1) is 6.61 Å². The van der Waals surface area contributed by atoms with Crippen molar-refractivity contribution < 1.29 is 68.2 Å². The molecule has 1 saturated carbocycles. The van der Waals surface area contributed by atoms with Crippen LogP contribution in [0.1, 0.15) is 148 Å². The number of hydrogen-bond acceptors (Lipinski definition) is 13. The van der Waals surface area contributed by atoms with Gasteiger partial charge in [0.2, 0.25) is 0 Å². The number of esters is 2. The molecule has 0 spiro atoms. The summed E-state index contributed by atoms with van der Waals surface area (Å²) in [6.07, 6.45) is 27.3. The van der Waals surface area contributed by atoms with Crippen LogP contribution in [-0.4, -0.2) is 110 Å². The third-order valence-electron chi connectivity index (χ3n) is 9.89. The lowest BCUT2D eigenvalue weighted by molar-refractivity contribution is -0.220. The minimum absolute atomic E-state index is 0.0670.